The number of ether oxygens (including phenoxy) is 1. The number of hydrogen-bond acceptors (Lipinski definition) is 3. The summed E-state index contributed by atoms with van der Waals surface area (Å²) in [5.41, 5.74) is 2.40. The van der Waals surface area contributed by atoms with E-state index in [1.807, 2.05) is 12.1 Å². The Labute approximate surface area is 179 Å². The fraction of sp³-hybridized carbons (Fsp3) is 0.600. The molecule has 7 heteroatoms. The number of carbonyl (C=O) groups is 1. The van der Waals surface area contributed by atoms with Crippen LogP contribution in [-0.4, -0.2) is 56.2 Å². The summed E-state index contributed by atoms with van der Waals surface area (Å²) in [7, 11) is 0. The van der Waals surface area contributed by atoms with Gasteiger partial charge in [0.25, 0.3) is 0 Å². The summed E-state index contributed by atoms with van der Waals surface area (Å²) in [5.74, 6) is 0.972. The number of hydrogen-bond donors (Lipinski definition) is 2. The highest BCUT2D eigenvalue weighted by Crippen LogP contribution is 2.38. The maximum atomic E-state index is 11.1. The molecule has 6 nitrogen and oxygen atoms in total. The van der Waals surface area contributed by atoms with Gasteiger partial charge in [0.15, 0.2) is 5.96 Å². The molecule has 1 unspecified atom stereocenters. The van der Waals surface area contributed by atoms with E-state index in [0.29, 0.717) is 5.41 Å². The molecule has 0 radical (unpaired) electrons. The molecule has 1 aromatic rings. The highest BCUT2D eigenvalue weighted by Gasteiger charge is 2.42. The predicted octanol–water partition coefficient (Wildman–Crippen LogP) is 2.88. The first-order valence-electron chi connectivity index (χ1n) is 9.58. The second-order valence-corrected chi connectivity index (χ2v) is 7.34. The summed E-state index contributed by atoms with van der Waals surface area (Å²) >= 11 is 0. The molecule has 150 valence electrons. The molecule has 0 bridgehead atoms. The Hall–Kier alpha value is -1.35. The molecule has 1 amide bonds. The first-order chi connectivity index (χ1) is 12.6. The van der Waals surface area contributed by atoms with Gasteiger partial charge in [0.1, 0.15) is 0 Å². The molecule has 3 rings (SSSR count). The third kappa shape index (κ3) is 6.07. The van der Waals surface area contributed by atoms with E-state index in [1.165, 1.54) is 25.3 Å². The number of carbonyl (C=O) groups excluding carboxylic acids is 1. The lowest BCUT2D eigenvalue weighted by atomic mass is 9.87. The maximum absolute atomic E-state index is 11.1. The van der Waals surface area contributed by atoms with Crippen LogP contribution in [0.15, 0.2) is 29.3 Å². The van der Waals surface area contributed by atoms with Crippen molar-refractivity contribution < 1.29 is 9.53 Å². The van der Waals surface area contributed by atoms with Crippen molar-refractivity contribution in [2.75, 3.05) is 44.7 Å². The van der Waals surface area contributed by atoms with Crippen molar-refractivity contribution in [3.8, 4) is 0 Å². The predicted molar refractivity (Wildman–Crippen MR) is 120 cm³/mol. The lowest BCUT2D eigenvalue weighted by Gasteiger charge is -2.25. The number of guanidine groups is 1. The molecule has 2 N–H and O–H groups in total. The van der Waals surface area contributed by atoms with E-state index < -0.39 is 0 Å². The topological polar surface area (TPSA) is 66.0 Å². The quantitative estimate of drug-likeness (QED) is 0.382. The Morgan fingerprint density at radius 1 is 1.30 bits per heavy atom. The average Bonchev–Trinajstić information content (AvgIpc) is 3.25. The molecule has 2 saturated heterocycles. The van der Waals surface area contributed by atoms with Crippen LogP contribution < -0.4 is 10.6 Å². The Balaban J connectivity index is 0.00000261. The van der Waals surface area contributed by atoms with Crippen molar-refractivity contribution in [2.24, 2.45) is 10.4 Å². The largest absolute Gasteiger partial charge is 0.381 e. The van der Waals surface area contributed by atoms with Crippen molar-refractivity contribution in [2.45, 2.75) is 33.1 Å². The van der Waals surface area contributed by atoms with Crippen LogP contribution in [0.3, 0.4) is 0 Å². The van der Waals surface area contributed by atoms with Gasteiger partial charge in [0.05, 0.1) is 6.61 Å². The fourth-order valence-electron chi connectivity index (χ4n) is 3.76. The second-order valence-electron chi connectivity index (χ2n) is 7.34. The van der Waals surface area contributed by atoms with E-state index in [9.17, 15) is 4.79 Å². The van der Waals surface area contributed by atoms with Crippen molar-refractivity contribution >= 4 is 41.5 Å². The van der Waals surface area contributed by atoms with E-state index in [-0.39, 0.29) is 29.9 Å². The monoisotopic (exact) mass is 486 g/mol. The first kappa shape index (κ1) is 21.9. The average molecular weight is 486 g/mol. The molecule has 0 saturated carbocycles. The minimum absolute atomic E-state index is 0. The molecular formula is C20H31IN4O2. The smallest absolute Gasteiger partial charge is 0.221 e. The van der Waals surface area contributed by atoms with Crippen LogP contribution in [0, 0.1) is 5.41 Å². The Morgan fingerprint density at radius 3 is 2.70 bits per heavy atom. The van der Waals surface area contributed by atoms with E-state index in [4.69, 9.17) is 9.73 Å². The Morgan fingerprint density at radius 2 is 2.07 bits per heavy atom. The summed E-state index contributed by atoms with van der Waals surface area (Å²) in [4.78, 5) is 18.3. The van der Waals surface area contributed by atoms with Crippen molar-refractivity contribution in [3.05, 3.63) is 29.8 Å². The number of halogens is 1. The summed E-state index contributed by atoms with van der Waals surface area (Å²) in [6.45, 7) is 9.16. The van der Waals surface area contributed by atoms with Crippen LogP contribution in [0.2, 0.25) is 0 Å². The number of nitrogens with zero attached hydrogens (tertiary/aromatic N) is 2. The van der Waals surface area contributed by atoms with E-state index in [2.05, 4.69) is 34.6 Å². The minimum Gasteiger partial charge on any atom is -0.381 e. The minimum atomic E-state index is -0.0475. The zero-order valence-electron chi connectivity index (χ0n) is 16.3. The van der Waals surface area contributed by atoms with Crippen molar-refractivity contribution in [3.63, 3.8) is 0 Å². The van der Waals surface area contributed by atoms with Crippen molar-refractivity contribution in [1.29, 1.82) is 0 Å². The van der Waals surface area contributed by atoms with Crippen LogP contribution in [0.4, 0.5) is 5.69 Å². The normalized spacial score (nSPS) is 22.0. The number of aliphatic imine (C=N–C) groups is 1. The van der Waals surface area contributed by atoms with Gasteiger partial charge in [0.2, 0.25) is 5.91 Å². The fourth-order valence-corrected chi connectivity index (χ4v) is 3.76. The SMILES string of the molecule is CCNC(=NCCc1ccc(NC(C)=O)cc1)N1CCC2(CCOC2)C1.I. The van der Waals surface area contributed by atoms with E-state index >= 15 is 0 Å². The van der Waals surface area contributed by atoms with Gasteiger partial charge in [-0.05, 0) is 43.9 Å². The number of rotatable bonds is 5. The molecule has 1 spiro atoms. The van der Waals surface area contributed by atoms with E-state index in [0.717, 1.165) is 57.5 Å². The van der Waals surface area contributed by atoms with Gasteiger partial charge in [-0.15, -0.1) is 24.0 Å². The van der Waals surface area contributed by atoms with Gasteiger partial charge in [-0.1, -0.05) is 12.1 Å². The molecule has 2 aliphatic rings. The van der Waals surface area contributed by atoms with Gasteiger partial charge < -0.3 is 20.3 Å². The van der Waals surface area contributed by atoms with Gasteiger partial charge in [-0.2, -0.15) is 0 Å². The van der Waals surface area contributed by atoms with Crippen LogP contribution in [-0.2, 0) is 16.0 Å². The zero-order valence-corrected chi connectivity index (χ0v) is 18.6. The second kappa shape index (κ2) is 10.3. The van der Waals surface area contributed by atoms with Gasteiger partial charge >= 0.3 is 0 Å². The molecule has 1 aromatic carbocycles. The molecule has 27 heavy (non-hydrogen) atoms. The summed E-state index contributed by atoms with van der Waals surface area (Å²) in [6, 6.07) is 7.98. The zero-order chi connectivity index (χ0) is 18.4. The van der Waals surface area contributed by atoms with Crippen LogP contribution in [0.5, 0.6) is 0 Å². The molecule has 2 heterocycles. The first-order valence-corrected chi connectivity index (χ1v) is 9.58. The molecular weight excluding hydrogens is 455 g/mol. The highest BCUT2D eigenvalue weighted by atomic mass is 127. The molecule has 0 aromatic heterocycles. The Bertz CT molecular complexity index is 642. The third-order valence-electron chi connectivity index (χ3n) is 5.19. The van der Waals surface area contributed by atoms with Crippen LogP contribution in [0.1, 0.15) is 32.3 Å². The summed E-state index contributed by atoms with van der Waals surface area (Å²) in [5, 5.41) is 6.23. The lowest BCUT2D eigenvalue weighted by Crippen LogP contribution is -2.41. The van der Waals surface area contributed by atoms with Gasteiger partial charge in [0, 0.05) is 50.8 Å². The van der Waals surface area contributed by atoms with Gasteiger partial charge in [-0.3, -0.25) is 9.79 Å². The van der Waals surface area contributed by atoms with Gasteiger partial charge in [-0.25, -0.2) is 0 Å². The number of anilines is 1. The van der Waals surface area contributed by atoms with Crippen molar-refractivity contribution in [1.82, 2.24) is 10.2 Å². The molecule has 2 aliphatic heterocycles. The maximum Gasteiger partial charge on any atom is 0.221 e. The molecule has 1 atom stereocenters. The third-order valence-corrected chi connectivity index (χ3v) is 5.19. The number of amides is 1. The summed E-state index contributed by atoms with van der Waals surface area (Å²) < 4.78 is 5.63. The van der Waals surface area contributed by atoms with Crippen LogP contribution >= 0.6 is 24.0 Å². The van der Waals surface area contributed by atoms with E-state index in [1.54, 1.807) is 0 Å². The van der Waals surface area contributed by atoms with Crippen LogP contribution in [0.25, 0.3) is 0 Å². The Kier molecular flexibility index (Phi) is 8.34. The number of nitrogens with one attached hydrogen (secondary N) is 2. The highest BCUT2D eigenvalue weighted by molar-refractivity contribution is 14.0. The molecule has 0 aliphatic carbocycles. The number of likely N-dealkylation sites (tertiary alicyclic amines) is 1. The standard InChI is InChI=1S/C20H30N4O2.HI/c1-3-21-19(24-12-9-20(14-24)10-13-26-15-20)22-11-8-17-4-6-18(7-5-17)23-16(2)25;/h4-7H,3,8-15H2,1-2H3,(H,21,22)(H,23,25);1H. The number of benzene rings is 1. The summed E-state index contributed by atoms with van der Waals surface area (Å²) in [6.07, 6.45) is 3.25. The lowest BCUT2D eigenvalue weighted by molar-refractivity contribution is -0.114. The molecule has 2 fully saturated rings.